The number of rotatable bonds is 41. The highest BCUT2D eigenvalue weighted by molar-refractivity contribution is 5.71. The van der Waals surface area contributed by atoms with Crippen LogP contribution in [-0.4, -0.2) is 37.2 Å². The van der Waals surface area contributed by atoms with Crippen LogP contribution in [0.4, 0.5) is 0 Å². The smallest absolute Gasteiger partial charge is 0.306 e. The molecule has 0 bridgehead atoms. The Labute approximate surface area is 356 Å². The fourth-order valence-corrected chi connectivity index (χ4v) is 6.13. The van der Waals surface area contributed by atoms with Crippen molar-refractivity contribution in [3.05, 3.63) is 85.1 Å². The van der Waals surface area contributed by atoms with Crippen LogP contribution in [0.15, 0.2) is 85.1 Å². The highest BCUT2D eigenvalue weighted by Crippen LogP contribution is 2.13. The highest BCUT2D eigenvalue weighted by Gasteiger charge is 2.19. The highest BCUT2D eigenvalue weighted by atomic mass is 16.6. The molecule has 0 aromatic heterocycles. The molecule has 0 saturated carbocycles. The monoisotopic (exact) mass is 807 g/mol. The second-order valence-electron chi connectivity index (χ2n) is 15.2. The van der Waals surface area contributed by atoms with Crippen LogP contribution >= 0.6 is 0 Å². The van der Waals surface area contributed by atoms with Crippen LogP contribution in [0.5, 0.6) is 0 Å². The zero-order valence-electron chi connectivity index (χ0n) is 37.5. The molecule has 0 N–H and O–H groups in total. The SMILES string of the molecule is CC/C=C\C/C=C\C/C=C\CCCC(=O)OCC(COC(=O)CCCCCCC/C=C\CCCCCCCCCCC)OC(=O)CCC/C=C\C/C=C\C/C=C\CC. The van der Waals surface area contributed by atoms with Crippen LogP contribution in [-0.2, 0) is 28.6 Å². The number of carbonyl (C=O) groups is 3. The van der Waals surface area contributed by atoms with Gasteiger partial charge in [-0.3, -0.25) is 14.4 Å². The van der Waals surface area contributed by atoms with Crippen molar-refractivity contribution in [3.63, 3.8) is 0 Å². The molecule has 0 rings (SSSR count). The fraction of sp³-hybridized carbons (Fsp3) is 0.673. The standard InChI is InChI=1S/C52H86O6/c1-4-7-10-13-16-19-22-23-24-25-26-27-28-31-33-36-39-42-45-51(54)57-48-49(58-52(55)46-43-40-37-34-30-21-18-15-12-9-6-3)47-56-50(53)44-41-38-35-32-29-20-17-14-11-8-5-2/h8-9,11-12,17-18,20-21,26-27,32,34-35,37,49H,4-7,10,13-16,19,22-25,28-31,33,36,38-48H2,1-3H3/b11-8-,12-9-,20-17-,21-18-,27-26-,35-32-,37-34-. The van der Waals surface area contributed by atoms with Crippen molar-refractivity contribution in [2.45, 2.75) is 213 Å². The Morgan fingerprint density at radius 2 is 0.690 bits per heavy atom. The predicted octanol–water partition coefficient (Wildman–Crippen LogP) is 15.3. The molecule has 0 aromatic rings. The molecule has 0 amide bonds. The van der Waals surface area contributed by atoms with Crippen molar-refractivity contribution < 1.29 is 28.6 Å². The average molecular weight is 807 g/mol. The first-order valence-corrected chi connectivity index (χ1v) is 23.6. The summed E-state index contributed by atoms with van der Waals surface area (Å²) in [5.41, 5.74) is 0. The van der Waals surface area contributed by atoms with Gasteiger partial charge in [-0.15, -0.1) is 0 Å². The van der Waals surface area contributed by atoms with E-state index in [-0.39, 0.29) is 44.0 Å². The lowest BCUT2D eigenvalue weighted by molar-refractivity contribution is -0.167. The molecule has 0 heterocycles. The number of allylic oxidation sites excluding steroid dienone is 14. The number of ether oxygens (including phenoxy) is 3. The van der Waals surface area contributed by atoms with Gasteiger partial charge in [0.25, 0.3) is 0 Å². The number of carbonyl (C=O) groups excluding carboxylic acids is 3. The average Bonchev–Trinajstić information content (AvgIpc) is 3.22. The van der Waals surface area contributed by atoms with Crippen molar-refractivity contribution in [2.75, 3.05) is 13.2 Å². The van der Waals surface area contributed by atoms with Crippen LogP contribution in [0.3, 0.4) is 0 Å². The van der Waals surface area contributed by atoms with Gasteiger partial charge >= 0.3 is 17.9 Å². The predicted molar refractivity (Wildman–Crippen MR) is 247 cm³/mol. The second kappa shape index (κ2) is 46.3. The van der Waals surface area contributed by atoms with Gasteiger partial charge in [-0.25, -0.2) is 0 Å². The molecule has 6 nitrogen and oxygen atoms in total. The Morgan fingerprint density at radius 1 is 0.362 bits per heavy atom. The van der Waals surface area contributed by atoms with Crippen LogP contribution in [0, 0.1) is 0 Å². The van der Waals surface area contributed by atoms with E-state index in [9.17, 15) is 14.4 Å². The second-order valence-corrected chi connectivity index (χ2v) is 15.2. The first-order valence-electron chi connectivity index (χ1n) is 23.6. The third kappa shape index (κ3) is 43.7. The van der Waals surface area contributed by atoms with Crippen molar-refractivity contribution in [3.8, 4) is 0 Å². The lowest BCUT2D eigenvalue weighted by Gasteiger charge is -2.18. The summed E-state index contributed by atoms with van der Waals surface area (Å²) in [5.74, 6) is -1.04. The molecule has 1 unspecified atom stereocenters. The van der Waals surface area contributed by atoms with E-state index < -0.39 is 6.10 Å². The third-order valence-electron chi connectivity index (χ3n) is 9.61. The van der Waals surface area contributed by atoms with Crippen molar-refractivity contribution in [1.82, 2.24) is 0 Å². The maximum absolute atomic E-state index is 12.7. The zero-order chi connectivity index (χ0) is 42.3. The Bertz CT molecular complexity index is 1160. The van der Waals surface area contributed by atoms with E-state index in [1.807, 2.05) is 0 Å². The van der Waals surface area contributed by atoms with Gasteiger partial charge in [0.05, 0.1) is 0 Å². The van der Waals surface area contributed by atoms with Gasteiger partial charge in [-0.05, 0) is 96.3 Å². The van der Waals surface area contributed by atoms with Gasteiger partial charge < -0.3 is 14.2 Å². The summed E-state index contributed by atoms with van der Waals surface area (Å²) in [6.45, 7) is 6.28. The molecule has 0 aliphatic heterocycles. The Balaban J connectivity index is 4.44. The largest absolute Gasteiger partial charge is 0.462 e. The van der Waals surface area contributed by atoms with Crippen molar-refractivity contribution >= 4 is 17.9 Å². The van der Waals surface area contributed by atoms with E-state index in [4.69, 9.17) is 14.2 Å². The number of hydrogen-bond donors (Lipinski definition) is 0. The molecule has 58 heavy (non-hydrogen) atoms. The lowest BCUT2D eigenvalue weighted by atomic mass is 10.1. The summed E-state index contributed by atoms with van der Waals surface area (Å²) in [4.78, 5) is 37.7. The molecule has 0 radical (unpaired) electrons. The van der Waals surface area contributed by atoms with Crippen LogP contribution in [0.2, 0.25) is 0 Å². The topological polar surface area (TPSA) is 78.9 Å². The van der Waals surface area contributed by atoms with Crippen molar-refractivity contribution in [2.24, 2.45) is 0 Å². The van der Waals surface area contributed by atoms with Crippen LogP contribution in [0.25, 0.3) is 0 Å². The summed E-state index contributed by atoms with van der Waals surface area (Å²) >= 11 is 0. The Morgan fingerprint density at radius 3 is 1.14 bits per heavy atom. The normalized spacial score (nSPS) is 12.8. The number of esters is 3. The van der Waals surface area contributed by atoms with Gasteiger partial charge in [0.1, 0.15) is 13.2 Å². The van der Waals surface area contributed by atoms with Gasteiger partial charge in [0, 0.05) is 19.3 Å². The molecular formula is C52H86O6. The summed E-state index contributed by atoms with van der Waals surface area (Å²) in [6.07, 6.45) is 58.8. The van der Waals surface area contributed by atoms with E-state index >= 15 is 0 Å². The molecule has 0 aromatic carbocycles. The summed E-state index contributed by atoms with van der Waals surface area (Å²) in [5, 5.41) is 0. The molecule has 330 valence electrons. The summed E-state index contributed by atoms with van der Waals surface area (Å²) in [7, 11) is 0. The van der Waals surface area contributed by atoms with Gasteiger partial charge in [0.15, 0.2) is 6.10 Å². The van der Waals surface area contributed by atoms with Crippen LogP contribution in [0.1, 0.15) is 207 Å². The first-order chi connectivity index (χ1) is 28.5. The number of hydrogen-bond acceptors (Lipinski definition) is 6. The molecular weight excluding hydrogens is 721 g/mol. The molecule has 0 aliphatic rings. The van der Waals surface area contributed by atoms with Gasteiger partial charge in [-0.2, -0.15) is 0 Å². The van der Waals surface area contributed by atoms with Crippen molar-refractivity contribution in [1.29, 1.82) is 0 Å². The quantitative estimate of drug-likeness (QED) is 0.0265. The third-order valence-corrected chi connectivity index (χ3v) is 9.61. The van der Waals surface area contributed by atoms with E-state index in [2.05, 4.69) is 106 Å². The van der Waals surface area contributed by atoms with Gasteiger partial charge in [-0.1, -0.05) is 176 Å². The first kappa shape index (κ1) is 54.6. The Kier molecular flexibility index (Phi) is 43.6. The van der Waals surface area contributed by atoms with Gasteiger partial charge in [0.2, 0.25) is 0 Å². The van der Waals surface area contributed by atoms with E-state index in [0.717, 1.165) is 83.5 Å². The molecule has 0 spiro atoms. The molecule has 0 aliphatic carbocycles. The minimum Gasteiger partial charge on any atom is -0.462 e. The van der Waals surface area contributed by atoms with E-state index in [1.54, 1.807) is 0 Å². The molecule has 0 saturated heterocycles. The van der Waals surface area contributed by atoms with E-state index in [0.29, 0.717) is 19.3 Å². The van der Waals surface area contributed by atoms with E-state index in [1.165, 1.54) is 70.6 Å². The van der Waals surface area contributed by atoms with Crippen LogP contribution < -0.4 is 0 Å². The maximum Gasteiger partial charge on any atom is 0.306 e. The summed E-state index contributed by atoms with van der Waals surface area (Å²) in [6, 6.07) is 0. The zero-order valence-corrected chi connectivity index (χ0v) is 37.5. The Hall–Kier alpha value is -3.41. The minimum absolute atomic E-state index is 0.118. The summed E-state index contributed by atoms with van der Waals surface area (Å²) < 4.78 is 16.6. The lowest BCUT2D eigenvalue weighted by Crippen LogP contribution is -2.30. The maximum atomic E-state index is 12.7. The molecule has 0 fully saturated rings. The molecule has 1 atom stereocenters. The molecule has 6 heteroatoms. The fourth-order valence-electron chi connectivity index (χ4n) is 6.13. The minimum atomic E-state index is -0.824. The number of unbranched alkanes of at least 4 members (excludes halogenated alkanes) is 16.